The largest absolute Gasteiger partial charge is 0.497 e. The van der Waals surface area contributed by atoms with E-state index in [4.69, 9.17) is 17.0 Å². The molecule has 7 nitrogen and oxygen atoms in total. The SMILES string of the molecule is COc1ccc(CNc2nc3ccccn3c(=O)c2C=C2SC(=S)N(C(C)C)C2=O)cc1. The van der Waals surface area contributed by atoms with Crippen molar-refractivity contribution in [3.05, 3.63) is 75.0 Å². The summed E-state index contributed by atoms with van der Waals surface area (Å²) in [4.78, 5) is 32.8. The lowest BCUT2D eigenvalue weighted by Crippen LogP contribution is -2.34. The smallest absolute Gasteiger partial charge is 0.267 e. The summed E-state index contributed by atoms with van der Waals surface area (Å²) in [5.74, 6) is 0.976. The van der Waals surface area contributed by atoms with E-state index in [-0.39, 0.29) is 17.5 Å². The number of thioether (sulfide) groups is 1. The molecule has 1 aliphatic heterocycles. The van der Waals surface area contributed by atoms with Crippen LogP contribution in [0.4, 0.5) is 5.82 Å². The van der Waals surface area contributed by atoms with E-state index >= 15 is 0 Å². The summed E-state index contributed by atoms with van der Waals surface area (Å²) < 4.78 is 7.15. The van der Waals surface area contributed by atoms with Crippen LogP contribution in [0.2, 0.25) is 0 Å². The van der Waals surface area contributed by atoms with Crippen molar-refractivity contribution in [1.82, 2.24) is 14.3 Å². The van der Waals surface area contributed by atoms with Gasteiger partial charge in [0.2, 0.25) is 0 Å². The second-order valence-corrected chi connectivity index (χ2v) is 9.13. The van der Waals surface area contributed by atoms with Crippen molar-refractivity contribution >= 4 is 51.7 Å². The van der Waals surface area contributed by atoms with Crippen molar-refractivity contribution in [2.75, 3.05) is 12.4 Å². The lowest BCUT2D eigenvalue weighted by atomic mass is 10.2. The summed E-state index contributed by atoms with van der Waals surface area (Å²) in [5.41, 5.74) is 1.56. The number of methoxy groups -OCH3 is 1. The minimum atomic E-state index is -0.261. The van der Waals surface area contributed by atoms with Gasteiger partial charge in [-0.05, 0) is 49.8 Å². The van der Waals surface area contributed by atoms with Gasteiger partial charge in [-0.1, -0.05) is 42.2 Å². The predicted octanol–water partition coefficient (Wildman–Crippen LogP) is 3.92. The molecule has 0 aliphatic carbocycles. The summed E-state index contributed by atoms with van der Waals surface area (Å²) in [6.45, 7) is 4.26. The average Bonchev–Trinajstić information content (AvgIpc) is 3.07. The monoisotopic (exact) mass is 466 g/mol. The van der Waals surface area contributed by atoms with Crippen LogP contribution in [0.25, 0.3) is 11.7 Å². The van der Waals surface area contributed by atoms with Gasteiger partial charge in [-0.3, -0.25) is 18.9 Å². The Morgan fingerprint density at radius 2 is 1.94 bits per heavy atom. The number of hydrogen-bond donors (Lipinski definition) is 1. The molecule has 9 heteroatoms. The first-order valence-electron chi connectivity index (χ1n) is 10.0. The zero-order chi connectivity index (χ0) is 22.8. The normalized spacial score (nSPS) is 15.2. The van der Waals surface area contributed by atoms with Crippen LogP contribution in [0, 0.1) is 0 Å². The topological polar surface area (TPSA) is 75.9 Å². The van der Waals surface area contributed by atoms with E-state index < -0.39 is 0 Å². The third kappa shape index (κ3) is 4.26. The quantitative estimate of drug-likeness (QED) is 0.436. The number of aromatic nitrogens is 2. The maximum atomic E-state index is 13.3. The van der Waals surface area contributed by atoms with Gasteiger partial charge in [0.05, 0.1) is 17.6 Å². The molecule has 32 heavy (non-hydrogen) atoms. The number of fused-ring (bicyclic) bond motifs is 1. The minimum absolute atomic E-state index is 0.0584. The van der Waals surface area contributed by atoms with Crippen LogP contribution in [0.3, 0.4) is 0 Å². The van der Waals surface area contributed by atoms with Crippen molar-refractivity contribution in [1.29, 1.82) is 0 Å². The molecule has 1 aromatic carbocycles. The van der Waals surface area contributed by atoms with Crippen LogP contribution in [0.1, 0.15) is 25.0 Å². The molecule has 0 spiro atoms. The van der Waals surface area contributed by atoms with Crippen molar-refractivity contribution < 1.29 is 9.53 Å². The number of carbonyl (C=O) groups excluding carboxylic acids is 1. The van der Waals surface area contributed by atoms with Crippen molar-refractivity contribution in [3.63, 3.8) is 0 Å². The summed E-state index contributed by atoms with van der Waals surface area (Å²) in [6, 6.07) is 12.9. The van der Waals surface area contributed by atoms with E-state index in [1.165, 1.54) is 16.2 Å². The van der Waals surface area contributed by atoms with Gasteiger partial charge in [0.25, 0.3) is 11.5 Å². The standard InChI is InChI=1S/C23H22N4O3S2/c1-14(2)27-22(29)18(32-23(27)31)12-17-20(24-13-15-7-9-16(30-3)10-8-15)25-19-6-4-5-11-26(19)21(17)28/h4-12,14,24H,13H2,1-3H3. The number of rotatable bonds is 6. The highest BCUT2D eigenvalue weighted by molar-refractivity contribution is 8.26. The van der Waals surface area contributed by atoms with Crippen LogP contribution in [-0.2, 0) is 11.3 Å². The molecule has 3 aromatic rings. The van der Waals surface area contributed by atoms with Gasteiger partial charge >= 0.3 is 0 Å². The molecule has 1 fully saturated rings. The zero-order valence-electron chi connectivity index (χ0n) is 17.9. The van der Waals surface area contributed by atoms with Crippen molar-refractivity contribution in [2.45, 2.75) is 26.4 Å². The van der Waals surface area contributed by atoms with Gasteiger partial charge in [-0.2, -0.15) is 0 Å². The lowest BCUT2D eigenvalue weighted by molar-refractivity contribution is -0.123. The molecule has 1 saturated heterocycles. The Bertz CT molecular complexity index is 1280. The minimum Gasteiger partial charge on any atom is -0.497 e. The van der Waals surface area contributed by atoms with Gasteiger partial charge in [0.1, 0.15) is 21.5 Å². The summed E-state index contributed by atoms with van der Waals surface area (Å²) >= 11 is 6.57. The molecular weight excluding hydrogens is 444 g/mol. The number of benzene rings is 1. The first kappa shape index (κ1) is 22.0. The van der Waals surface area contributed by atoms with Crippen molar-refractivity contribution in [2.24, 2.45) is 0 Å². The summed E-state index contributed by atoms with van der Waals surface area (Å²) in [6.07, 6.45) is 3.25. The highest BCUT2D eigenvalue weighted by Crippen LogP contribution is 2.34. The first-order chi connectivity index (χ1) is 15.4. The highest BCUT2D eigenvalue weighted by atomic mass is 32.2. The molecule has 1 amide bonds. The molecule has 0 unspecified atom stereocenters. The van der Waals surface area contributed by atoms with Crippen LogP contribution in [-0.4, -0.2) is 37.7 Å². The molecule has 0 saturated carbocycles. The highest BCUT2D eigenvalue weighted by Gasteiger charge is 2.34. The Morgan fingerprint density at radius 3 is 2.59 bits per heavy atom. The van der Waals surface area contributed by atoms with Crippen LogP contribution < -0.4 is 15.6 Å². The van der Waals surface area contributed by atoms with E-state index in [2.05, 4.69) is 10.3 Å². The van der Waals surface area contributed by atoms with E-state index in [0.29, 0.717) is 32.8 Å². The van der Waals surface area contributed by atoms with Gasteiger partial charge in [-0.25, -0.2) is 4.98 Å². The van der Waals surface area contributed by atoms with Crippen LogP contribution in [0.15, 0.2) is 58.4 Å². The number of carbonyl (C=O) groups is 1. The van der Waals surface area contributed by atoms with E-state index in [1.807, 2.05) is 44.2 Å². The number of hydrogen-bond acceptors (Lipinski definition) is 7. The molecule has 2 aromatic heterocycles. The third-order valence-corrected chi connectivity index (χ3v) is 6.33. The van der Waals surface area contributed by atoms with Gasteiger partial charge in [0.15, 0.2) is 0 Å². The fourth-order valence-corrected chi connectivity index (χ4v) is 4.86. The number of anilines is 1. The molecule has 4 rings (SSSR count). The average molecular weight is 467 g/mol. The molecule has 1 N–H and O–H groups in total. The number of nitrogens with zero attached hydrogens (tertiary/aromatic N) is 3. The second-order valence-electron chi connectivity index (χ2n) is 7.46. The van der Waals surface area contributed by atoms with E-state index in [9.17, 15) is 9.59 Å². The van der Waals surface area contributed by atoms with E-state index in [0.717, 1.165) is 11.3 Å². The maximum absolute atomic E-state index is 13.3. The zero-order valence-corrected chi connectivity index (χ0v) is 19.5. The maximum Gasteiger partial charge on any atom is 0.267 e. The molecule has 0 atom stereocenters. The van der Waals surface area contributed by atoms with Crippen molar-refractivity contribution in [3.8, 4) is 5.75 Å². The molecule has 0 bridgehead atoms. The molecule has 0 radical (unpaired) electrons. The number of pyridine rings is 1. The molecule has 1 aliphatic rings. The first-order valence-corrected chi connectivity index (χ1v) is 11.3. The second kappa shape index (κ2) is 9.13. The molecular formula is C23H22N4O3S2. The van der Waals surface area contributed by atoms with Crippen LogP contribution in [0.5, 0.6) is 5.75 Å². The van der Waals surface area contributed by atoms with Gasteiger partial charge < -0.3 is 10.1 Å². The predicted molar refractivity (Wildman–Crippen MR) is 132 cm³/mol. The Labute approximate surface area is 195 Å². The summed E-state index contributed by atoms with van der Waals surface area (Å²) in [7, 11) is 1.62. The Balaban J connectivity index is 1.75. The number of thiocarbonyl (C=S) groups is 1. The van der Waals surface area contributed by atoms with E-state index in [1.54, 1.807) is 36.4 Å². The lowest BCUT2D eigenvalue weighted by Gasteiger charge is -2.18. The third-order valence-electron chi connectivity index (χ3n) is 5.00. The number of ether oxygens (including phenoxy) is 1. The van der Waals surface area contributed by atoms with Crippen LogP contribution >= 0.6 is 24.0 Å². The Kier molecular flexibility index (Phi) is 6.29. The summed E-state index contributed by atoms with van der Waals surface area (Å²) in [5, 5.41) is 3.26. The molecule has 3 heterocycles. The number of nitrogens with one attached hydrogen (secondary N) is 1. The van der Waals surface area contributed by atoms with Gasteiger partial charge in [0, 0.05) is 18.8 Å². The van der Waals surface area contributed by atoms with Gasteiger partial charge in [-0.15, -0.1) is 0 Å². The Hall–Kier alpha value is -3.17. The fourth-order valence-electron chi connectivity index (χ4n) is 3.35. The molecule has 164 valence electrons. The number of amides is 1. The Morgan fingerprint density at radius 1 is 1.19 bits per heavy atom. The fraction of sp³-hybridized carbons (Fsp3) is 0.217.